The van der Waals surface area contributed by atoms with Gasteiger partial charge in [0.2, 0.25) is 0 Å². The van der Waals surface area contributed by atoms with E-state index in [4.69, 9.17) is 46.4 Å². The summed E-state index contributed by atoms with van der Waals surface area (Å²) in [5.74, 6) is 0. The van der Waals surface area contributed by atoms with Crippen molar-refractivity contribution >= 4 is 46.4 Å². The van der Waals surface area contributed by atoms with Gasteiger partial charge in [-0.25, -0.2) is 0 Å². The Morgan fingerprint density at radius 3 is 1.74 bits per heavy atom. The Kier molecular flexibility index (Phi) is 5.18. The van der Waals surface area contributed by atoms with Crippen molar-refractivity contribution in [1.29, 1.82) is 0 Å². The zero-order valence-corrected chi connectivity index (χ0v) is 15.0. The second-order valence-electron chi connectivity index (χ2n) is 5.14. The van der Waals surface area contributed by atoms with Crippen molar-refractivity contribution in [3.05, 3.63) is 92.9 Å². The van der Waals surface area contributed by atoms with E-state index in [1.54, 1.807) is 12.1 Å². The molecule has 3 aromatic rings. The van der Waals surface area contributed by atoms with E-state index in [0.29, 0.717) is 15.1 Å². The Hall–Kier alpha value is -1.18. The van der Waals surface area contributed by atoms with Crippen LogP contribution in [0.3, 0.4) is 0 Å². The molecule has 0 bridgehead atoms. The molecular weight excluding hydrogens is 370 g/mol. The van der Waals surface area contributed by atoms with E-state index in [0.717, 1.165) is 22.3 Å². The molecule has 0 aliphatic carbocycles. The van der Waals surface area contributed by atoms with E-state index in [2.05, 4.69) is 0 Å². The van der Waals surface area contributed by atoms with Gasteiger partial charge in [-0.1, -0.05) is 89.4 Å². The third kappa shape index (κ3) is 3.67. The van der Waals surface area contributed by atoms with E-state index < -0.39 is 0 Å². The number of benzene rings is 3. The normalized spacial score (nSPS) is 12.2. The third-order valence-electron chi connectivity index (χ3n) is 3.59. The van der Waals surface area contributed by atoms with Crippen LogP contribution in [0.2, 0.25) is 15.1 Å². The van der Waals surface area contributed by atoms with Gasteiger partial charge in [0.1, 0.15) is 0 Å². The highest BCUT2D eigenvalue weighted by Crippen LogP contribution is 2.38. The molecule has 4 heteroatoms. The van der Waals surface area contributed by atoms with E-state index in [9.17, 15) is 0 Å². The first kappa shape index (κ1) is 16.7. The summed E-state index contributed by atoms with van der Waals surface area (Å²) in [5.41, 5.74) is 3.78. The number of hydrogen-bond donors (Lipinski definition) is 0. The molecule has 23 heavy (non-hydrogen) atoms. The lowest BCUT2D eigenvalue weighted by Gasteiger charge is -2.12. The first-order chi connectivity index (χ1) is 11.1. The molecule has 1 atom stereocenters. The molecule has 0 saturated carbocycles. The van der Waals surface area contributed by atoms with Gasteiger partial charge in [-0.05, 0) is 28.8 Å². The minimum absolute atomic E-state index is 0.193. The van der Waals surface area contributed by atoms with Crippen LogP contribution in [-0.4, -0.2) is 0 Å². The average Bonchev–Trinajstić information content (AvgIpc) is 2.55. The topological polar surface area (TPSA) is 0 Å². The Morgan fingerprint density at radius 1 is 0.652 bits per heavy atom. The van der Waals surface area contributed by atoms with Crippen LogP contribution in [0.4, 0.5) is 0 Å². The maximum Gasteiger partial charge on any atom is 0.0835 e. The van der Waals surface area contributed by atoms with Gasteiger partial charge in [-0.15, -0.1) is 11.6 Å². The summed E-state index contributed by atoms with van der Waals surface area (Å²) in [4.78, 5) is 0. The molecule has 3 aromatic carbocycles. The Morgan fingerprint density at radius 2 is 1.17 bits per heavy atom. The van der Waals surface area contributed by atoms with Gasteiger partial charge >= 0.3 is 0 Å². The molecule has 0 aliphatic heterocycles. The lowest BCUT2D eigenvalue weighted by atomic mass is 10.00. The van der Waals surface area contributed by atoms with Gasteiger partial charge in [-0.3, -0.25) is 0 Å². The predicted molar refractivity (Wildman–Crippen MR) is 101 cm³/mol. The van der Waals surface area contributed by atoms with E-state index in [1.807, 2.05) is 54.6 Å². The summed E-state index contributed by atoms with van der Waals surface area (Å²) in [5, 5.41) is 1.38. The minimum Gasteiger partial charge on any atom is -0.113 e. The molecule has 0 aromatic heterocycles. The van der Waals surface area contributed by atoms with Gasteiger partial charge < -0.3 is 0 Å². The molecular formula is C19H12Cl4. The standard InChI is InChI=1S/C19H12Cl4/c20-15-10-16(21)18(17(22)11-15)12-6-8-14(9-7-12)19(23)13-4-2-1-3-5-13/h1-11,19H. The molecule has 0 heterocycles. The first-order valence-electron chi connectivity index (χ1n) is 7.00. The molecule has 0 nitrogen and oxygen atoms in total. The summed E-state index contributed by atoms with van der Waals surface area (Å²) in [7, 11) is 0. The maximum absolute atomic E-state index is 6.54. The molecule has 0 saturated heterocycles. The number of halogens is 4. The summed E-state index contributed by atoms with van der Waals surface area (Å²) in [6, 6.07) is 21.2. The summed E-state index contributed by atoms with van der Waals surface area (Å²) >= 11 is 25.0. The minimum atomic E-state index is -0.193. The van der Waals surface area contributed by atoms with Crippen molar-refractivity contribution in [2.45, 2.75) is 5.38 Å². The quantitative estimate of drug-likeness (QED) is 0.408. The molecule has 3 rings (SSSR count). The average molecular weight is 382 g/mol. The van der Waals surface area contributed by atoms with Gasteiger partial charge in [0, 0.05) is 10.6 Å². The van der Waals surface area contributed by atoms with Crippen molar-refractivity contribution in [3.8, 4) is 11.1 Å². The molecule has 0 radical (unpaired) electrons. The highest BCUT2D eigenvalue weighted by Gasteiger charge is 2.13. The lowest BCUT2D eigenvalue weighted by molar-refractivity contribution is 1.14. The van der Waals surface area contributed by atoms with Crippen LogP contribution < -0.4 is 0 Å². The lowest BCUT2D eigenvalue weighted by Crippen LogP contribution is -1.93. The van der Waals surface area contributed by atoms with Crippen molar-refractivity contribution in [2.24, 2.45) is 0 Å². The second-order valence-corrected chi connectivity index (χ2v) is 6.83. The summed E-state index contributed by atoms with van der Waals surface area (Å²) in [6.07, 6.45) is 0. The predicted octanol–water partition coefficient (Wildman–Crippen LogP) is 7.64. The molecule has 0 fully saturated rings. The molecule has 116 valence electrons. The summed E-state index contributed by atoms with van der Waals surface area (Å²) < 4.78 is 0. The fourth-order valence-electron chi connectivity index (χ4n) is 2.45. The van der Waals surface area contributed by atoms with Crippen LogP contribution in [0.1, 0.15) is 16.5 Å². The Bertz CT molecular complexity index is 788. The molecule has 1 unspecified atom stereocenters. The third-order valence-corrected chi connectivity index (χ3v) is 4.91. The van der Waals surface area contributed by atoms with E-state index >= 15 is 0 Å². The molecule has 0 aliphatic rings. The first-order valence-corrected chi connectivity index (χ1v) is 8.57. The van der Waals surface area contributed by atoms with Crippen molar-refractivity contribution < 1.29 is 0 Å². The molecule has 0 spiro atoms. The number of alkyl halides is 1. The maximum atomic E-state index is 6.54. The van der Waals surface area contributed by atoms with Crippen LogP contribution in [0.25, 0.3) is 11.1 Å². The monoisotopic (exact) mass is 380 g/mol. The fraction of sp³-hybridized carbons (Fsp3) is 0.0526. The fourth-order valence-corrected chi connectivity index (χ4v) is 3.78. The van der Waals surface area contributed by atoms with Gasteiger partial charge in [0.15, 0.2) is 0 Å². The largest absolute Gasteiger partial charge is 0.113 e. The van der Waals surface area contributed by atoms with Crippen LogP contribution in [0.5, 0.6) is 0 Å². The summed E-state index contributed by atoms with van der Waals surface area (Å²) in [6.45, 7) is 0. The Labute approximate surface area is 155 Å². The highest BCUT2D eigenvalue weighted by molar-refractivity contribution is 6.41. The van der Waals surface area contributed by atoms with Gasteiger partial charge in [-0.2, -0.15) is 0 Å². The van der Waals surface area contributed by atoms with E-state index in [-0.39, 0.29) is 5.38 Å². The Balaban J connectivity index is 1.94. The zero-order chi connectivity index (χ0) is 16.4. The van der Waals surface area contributed by atoms with E-state index in [1.165, 1.54) is 0 Å². The van der Waals surface area contributed by atoms with Gasteiger partial charge in [0.25, 0.3) is 0 Å². The zero-order valence-electron chi connectivity index (χ0n) is 11.9. The second kappa shape index (κ2) is 7.15. The van der Waals surface area contributed by atoms with Crippen molar-refractivity contribution in [3.63, 3.8) is 0 Å². The molecule has 0 amide bonds. The van der Waals surface area contributed by atoms with Gasteiger partial charge in [0.05, 0.1) is 15.4 Å². The number of rotatable bonds is 3. The van der Waals surface area contributed by atoms with Crippen LogP contribution in [-0.2, 0) is 0 Å². The van der Waals surface area contributed by atoms with Crippen molar-refractivity contribution in [1.82, 2.24) is 0 Å². The smallest absolute Gasteiger partial charge is 0.0835 e. The SMILES string of the molecule is Clc1cc(Cl)c(-c2ccc(C(Cl)c3ccccc3)cc2)c(Cl)c1. The highest BCUT2D eigenvalue weighted by atomic mass is 35.5. The molecule has 0 N–H and O–H groups in total. The van der Waals surface area contributed by atoms with Crippen LogP contribution in [0, 0.1) is 0 Å². The van der Waals surface area contributed by atoms with Crippen LogP contribution in [0.15, 0.2) is 66.7 Å². The van der Waals surface area contributed by atoms with Crippen LogP contribution >= 0.6 is 46.4 Å². The number of hydrogen-bond acceptors (Lipinski definition) is 0. The van der Waals surface area contributed by atoms with Crippen molar-refractivity contribution in [2.75, 3.05) is 0 Å².